The van der Waals surface area contributed by atoms with Crippen LogP contribution in [0.2, 0.25) is 0 Å². The van der Waals surface area contributed by atoms with Gasteiger partial charge in [-0.05, 0) is 32.8 Å². The van der Waals surface area contributed by atoms with Crippen LogP contribution in [0.3, 0.4) is 0 Å². The maximum Gasteiger partial charge on any atom is 0.135 e. The molecule has 2 nitrogen and oxygen atoms in total. The van der Waals surface area contributed by atoms with Gasteiger partial charge < -0.3 is 0 Å². The molecule has 0 saturated heterocycles. The fourth-order valence-corrected chi connectivity index (χ4v) is 1.08. The van der Waals surface area contributed by atoms with Gasteiger partial charge in [0.25, 0.3) is 0 Å². The number of hydrogen-bond donors (Lipinski definition) is 0. The Kier molecular flexibility index (Phi) is 2.00. The van der Waals surface area contributed by atoms with Crippen molar-refractivity contribution in [2.75, 3.05) is 0 Å². The molecule has 1 aromatic heterocycles. The topological polar surface area (TPSA) is 17.8 Å². The zero-order chi connectivity index (χ0) is 8.43. The highest BCUT2D eigenvalue weighted by Gasteiger charge is 2.03. The molecule has 0 N–H and O–H groups in total. The molecule has 1 heterocycles. The Labute approximate surface area is 67.2 Å². The average Bonchev–Trinajstić information content (AvgIpc) is 2.30. The molecule has 0 atom stereocenters. The van der Waals surface area contributed by atoms with Crippen molar-refractivity contribution >= 4 is 0 Å². The molecule has 0 aliphatic carbocycles. The van der Waals surface area contributed by atoms with Gasteiger partial charge in [-0.1, -0.05) is 0 Å². The van der Waals surface area contributed by atoms with Gasteiger partial charge >= 0.3 is 0 Å². The fraction of sp³-hybridized carbons (Fsp3) is 0.444. The first-order valence-corrected chi connectivity index (χ1v) is 3.68. The molecule has 0 amide bonds. The van der Waals surface area contributed by atoms with E-state index in [1.165, 1.54) is 0 Å². The largest absolute Gasteiger partial charge is 0.266 e. The van der Waals surface area contributed by atoms with Crippen molar-refractivity contribution in [2.45, 2.75) is 26.8 Å². The molecule has 0 unspecified atom stereocenters. The van der Waals surface area contributed by atoms with Crippen molar-refractivity contribution in [1.82, 2.24) is 9.78 Å². The standard InChI is InChI=1S/C9H12N2/c1-5-9-6-8(4)11(10-9)7(2)3/h1,6-7H,2-4H3. The van der Waals surface area contributed by atoms with Crippen LogP contribution in [0.5, 0.6) is 0 Å². The maximum atomic E-state index is 5.21. The van der Waals surface area contributed by atoms with Crippen LogP contribution < -0.4 is 0 Å². The lowest BCUT2D eigenvalue weighted by Crippen LogP contribution is -2.04. The fourth-order valence-electron chi connectivity index (χ4n) is 1.08. The lowest BCUT2D eigenvalue weighted by molar-refractivity contribution is 0.518. The molecule has 11 heavy (non-hydrogen) atoms. The summed E-state index contributed by atoms with van der Waals surface area (Å²) < 4.78 is 1.93. The molecule has 0 bridgehead atoms. The van der Waals surface area contributed by atoms with Crippen LogP contribution in [0.15, 0.2) is 6.07 Å². The summed E-state index contributed by atoms with van der Waals surface area (Å²) in [5.41, 5.74) is 1.84. The summed E-state index contributed by atoms with van der Waals surface area (Å²) >= 11 is 0. The lowest BCUT2D eigenvalue weighted by atomic mass is 10.3. The molecule has 2 heteroatoms. The highest BCUT2D eigenvalue weighted by atomic mass is 15.3. The van der Waals surface area contributed by atoms with E-state index in [0.29, 0.717) is 6.04 Å². The minimum absolute atomic E-state index is 0.386. The Balaban J connectivity index is 3.09. The van der Waals surface area contributed by atoms with Gasteiger partial charge in [-0.25, -0.2) is 0 Å². The summed E-state index contributed by atoms with van der Waals surface area (Å²) in [5, 5.41) is 4.21. The van der Waals surface area contributed by atoms with E-state index in [2.05, 4.69) is 24.9 Å². The monoisotopic (exact) mass is 148 g/mol. The number of terminal acetylenes is 1. The van der Waals surface area contributed by atoms with Gasteiger partial charge in [0.15, 0.2) is 0 Å². The Morgan fingerprint density at radius 1 is 1.64 bits per heavy atom. The Hall–Kier alpha value is -1.23. The van der Waals surface area contributed by atoms with Crippen LogP contribution in [0.1, 0.15) is 31.3 Å². The van der Waals surface area contributed by atoms with Gasteiger partial charge in [-0.2, -0.15) is 5.10 Å². The first-order valence-electron chi connectivity index (χ1n) is 3.68. The Morgan fingerprint density at radius 3 is 2.55 bits per heavy atom. The summed E-state index contributed by atoms with van der Waals surface area (Å²) in [7, 11) is 0. The molecule has 0 radical (unpaired) electrons. The van der Waals surface area contributed by atoms with E-state index in [0.717, 1.165) is 11.4 Å². The average molecular weight is 148 g/mol. The highest BCUT2D eigenvalue weighted by molar-refractivity contribution is 5.25. The molecular weight excluding hydrogens is 136 g/mol. The van der Waals surface area contributed by atoms with Crippen LogP contribution >= 0.6 is 0 Å². The Bertz CT molecular complexity index is 289. The second kappa shape index (κ2) is 2.79. The Morgan fingerprint density at radius 2 is 2.27 bits per heavy atom. The van der Waals surface area contributed by atoms with E-state index in [4.69, 9.17) is 6.42 Å². The van der Waals surface area contributed by atoms with Crippen LogP contribution in [0, 0.1) is 19.3 Å². The first-order chi connectivity index (χ1) is 5.15. The molecule has 0 aliphatic heterocycles. The highest BCUT2D eigenvalue weighted by Crippen LogP contribution is 2.08. The van der Waals surface area contributed by atoms with Crippen LogP contribution in [0.25, 0.3) is 0 Å². The van der Waals surface area contributed by atoms with E-state index in [1.54, 1.807) is 0 Å². The van der Waals surface area contributed by atoms with Crippen LogP contribution in [-0.2, 0) is 0 Å². The molecule has 0 aliphatic rings. The molecule has 0 spiro atoms. The number of hydrogen-bond acceptors (Lipinski definition) is 1. The van der Waals surface area contributed by atoms with Gasteiger partial charge in [-0.3, -0.25) is 4.68 Å². The van der Waals surface area contributed by atoms with Gasteiger partial charge in [-0.15, -0.1) is 6.42 Å². The van der Waals surface area contributed by atoms with Gasteiger partial charge in [0.2, 0.25) is 0 Å². The van der Waals surface area contributed by atoms with Gasteiger partial charge in [0.05, 0.1) is 0 Å². The van der Waals surface area contributed by atoms with E-state index in [9.17, 15) is 0 Å². The number of aromatic nitrogens is 2. The smallest absolute Gasteiger partial charge is 0.135 e. The summed E-state index contributed by atoms with van der Waals surface area (Å²) in [4.78, 5) is 0. The maximum absolute atomic E-state index is 5.21. The zero-order valence-electron chi connectivity index (χ0n) is 7.13. The lowest BCUT2D eigenvalue weighted by Gasteiger charge is -2.06. The molecular formula is C9H12N2. The van der Waals surface area contributed by atoms with Crippen molar-refractivity contribution in [1.29, 1.82) is 0 Å². The van der Waals surface area contributed by atoms with E-state index >= 15 is 0 Å². The SMILES string of the molecule is C#Cc1cc(C)n(C(C)C)n1. The van der Waals surface area contributed by atoms with Gasteiger partial charge in [0.1, 0.15) is 5.69 Å². The molecule has 0 fully saturated rings. The quantitative estimate of drug-likeness (QED) is 0.555. The van der Waals surface area contributed by atoms with Crippen molar-refractivity contribution in [3.8, 4) is 12.3 Å². The van der Waals surface area contributed by atoms with E-state index in [1.807, 2.05) is 17.7 Å². The van der Waals surface area contributed by atoms with Crippen molar-refractivity contribution in [2.24, 2.45) is 0 Å². The number of nitrogens with zero attached hydrogens (tertiary/aromatic N) is 2. The third-order valence-electron chi connectivity index (χ3n) is 1.56. The van der Waals surface area contributed by atoms with Crippen molar-refractivity contribution in [3.05, 3.63) is 17.5 Å². The number of aryl methyl sites for hydroxylation is 1. The zero-order valence-corrected chi connectivity index (χ0v) is 7.13. The van der Waals surface area contributed by atoms with Crippen LogP contribution in [0.4, 0.5) is 0 Å². The second-order valence-electron chi connectivity index (χ2n) is 2.85. The van der Waals surface area contributed by atoms with Gasteiger partial charge in [0, 0.05) is 11.7 Å². The first kappa shape index (κ1) is 7.87. The number of rotatable bonds is 1. The van der Waals surface area contributed by atoms with Crippen molar-refractivity contribution < 1.29 is 0 Å². The summed E-state index contributed by atoms with van der Waals surface area (Å²) in [6, 6.07) is 2.30. The molecule has 1 rings (SSSR count). The third-order valence-corrected chi connectivity index (χ3v) is 1.56. The predicted octanol–water partition coefficient (Wildman–Crippen LogP) is 1.75. The minimum atomic E-state index is 0.386. The molecule has 0 saturated carbocycles. The molecule has 58 valence electrons. The summed E-state index contributed by atoms with van der Waals surface area (Å²) in [6.45, 7) is 6.18. The summed E-state index contributed by atoms with van der Waals surface area (Å²) in [6.07, 6.45) is 5.21. The van der Waals surface area contributed by atoms with Crippen molar-refractivity contribution in [3.63, 3.8) is 0 Å². The van der Waals surface area contributed by atoms with E-state index < -0.39 is 0 Å². The predicted molar refractivity (Wildman–Crippen MR) is 45.3 cm³/mol. The third kappa shape index (κ3) is 1.43. The second-order valence-corrected chi connectivity index (χ2v) is 2.85. The van der Waals surface area contributed by atoms with Crippen LogP contribution in [-0.4, -0.2) is 9.78 Å². The minimum Gasteiger partial charge on any atom is -0.266 e. The molecule has 0 aromatic carbocycles. The van der Waals surface area contributed by atoms with E-state index in [-0.39, 0.29) is 0 Å². The summed E-state index contributed by atoms with van der Waals surface area (Å²) in [5.74, 6) is 2.51. The normalized spacial score (nSPS) is 10.1. The molecule has 1 aromatic rings.